The first-order chi connectivity index (χ1) is 21.2. The van der Waals surface area contributed by atoms with Crippen LogP contribution in [-0.2, 0) is 10.0 Å². The van der Waals surface area contributed by atoms with Crippen LogP contribution in [-0.4, -0.2) is 78.3 Å². The molecule has 15 heteroatoms. The van der Waals surface area contributed by atoms with E-state index < -0.39 is 22.0 Å². The third kappa shape index (κ3) is 5.74. The van der Waals surface area contributed by atoms with Gasteiger partial charge in [-0.1, -0.05) is 11.8 Å². The Balaban J connectivity index is 1.14. The summed E-state index contributed by atoms with van der Waals surface area (Å²) in [6.45, 7) is 1.60. The highest BCUT2D eigenvalue weighted by atomic mass is 32.2. The molecule has 0 bridgehead atoms. The highest BCUT2D eigenvalue weighted by molar-refractivity contribution is 7.90. The molecule has 0 spiro atoms. The zero-order valence-electron chi connectivity index (χ0n) is 23.5. The highest BCUT2D eigenvalue weighted by Gasteiger charge is 2.59. The van der Waals surface area contributed by atoms with E-state index in [1.807, 2.05) is 6.07 Å². The summed E-state index contributed by atoms with van der Waals surface area (Å²) in [6.07, 6.45) is 11.8. The number of rotatable bonds is 8. The molecule has 7 rings (SSSR count). The first-order valence-corrected chi connectivity index (χ1v) is 15.9. The average Bonchev–Trinajstić information content (AvgIpc) is 3.85. The van der Waals surface area contributed by atoms with Crippen LogP contribution in [0, 0.1) is 17.8 Å². The first kappa shape index (κ1) is 28.4. The van der Waals surface area contributed by atoms with E-state index in [1.165, 1.54) is 29.5 Å². The van der Waals surface area contributed by atoms with E-state index in [1.54, 1.807) is 18.5 Å². The molecule has 1 aliphatic heterocycles. The van der Waals surface area contributed by atoms with Gasteiger partial charge < -0.3 is 15.3 Å². The summed E-state index contributed by atoms with van der Waals surface area (Å²) < 4.78 is 54.3. The molecule has 12 nitrogen and oxygen atoms in total. The lowest BCUT2D eigenvalue weighted by atomic mass is 9.97. The predicted molar refractivity (Wildman–Crippen MR) is 157 cm³/mol. The third-order valence-corrected chi connectivity index (χ3v) is 10.1. The number of halogens is 2. The number of pyridine rings is 1. The lowest BCUT2D eigenvalue weighted by molar-refractivity contribution is 0.0983. The Morgan fingerprint density at radius 2 is 1.82 bits per heavy atom. The summed E-state index contributed by atoms with van der Waals surface area (Å²) in [6, 6.07) is 2.64. The molecule has 0 amide bonds. The molecule has 4 aromatic rings. The van der Waals surface area contributed by atoms with Crippen molar-refractivity contribution in [3.8, 4) is 23.2 Å². The number of nitrogens with zero attached hydrogens (tertiary/aromatic N) is 8. The normalized spacial score (nSPS) is 19.8. The molecule has 4 aromatic heterocycles. The van der Waals surface area contributed by atoms with Gasteiger partial charge in [0.05, 0.1) is 46.2 Å². The Labute approximate surface area is 252 Å². The van der Waals surface area contributed by atoms with Crippen LogP contribution in [0.15, 0.2) is 49.3 Å². The van der Waals surface area contributed by atoms with Crippen molar-refractivity contribution in [3.05, 3.63) is 60.4 Å². The number of nitrogens with one attached hydrogen (secondary N) is 1. The van der Waals surface area contributed by atoms with Gasteiger partial charge in [0, 0.05) is 50.8 Å². The molecule has 2 N–H and O–H groups in total. The summed E-state index contributed by atoms with van der Waals surface area (Å²) in [5, 5.41) is 20.5. The van der Waals surface area contributed by atoms with Gasteiger partial charge in [0.25, 0.3) is 15.9 Å². The van der Waals surface area contributed by atoms with Gasteiger partial charge in [-0.15, -0.1) is 0 Å². The lowest BCUT2D eigenvalue weighted by Crippen LogP contribution is -2.35. The summed E-state index contributed by atoms with van der Waals surface area (Å²) in [7, 11) is -3.50. The molecule has 228 valence electrons. The fourth-order valence-electron chi connectivity index (χ4n) is 5.20. The number of aliphatic hydroxyl groups is 1. The maximum absolute atomic E-state index is 13.5. The number of anilines is 3. The molecule has 3 aliphatic rings. The Bertz CT molecular complexity index is 1870. The maximum Gasteiger partial charge on any atom is 0.272 e. The zero-order valence-corrected chi connectivity index (χ0v) is 24.3. The first-order valence-electron chi connectivity index (χ1n) is 14.4. The molecular formula is C29H29F2N9O3S. The van der Waals surface area contributed by atoms with Crippen molar-refractivity contribution < 1.29 is 22.3 Å². The molecule has 1 atom stereocenters. The quantitative estimate of drug-likeness (QED) is 0.282. The van der Waals surface area contributed by atoms with E-state index in [0.717, 1.165) is 35.7 Å². The molecule has 1 saturated heterocycles. The Morgan fingerprint density at radius 1 is 1.02 bits per heavy atom. The van der Waals surface area contributed by atoms with Crippen LogP contribution in [0.25, 0.3) is 11.4 Å². The molecule has 1 unspecified atom stereocenters. The monoisotopic (exact) mass is 621 g/mol. The van der Waals surface area contributed by atoms with E-state index in [0.29, 0.717) is 47.0 Å². The molecule has 0 aromatic carbocycles. The smallest absolute Gasteiger partial charge is 0.272 e. The van der Waals surface area contributed by atoms with E-state index in [9.17, 15) is 22.3 Å². The summed E-state index contributed by atoms with van der Waals surface area (Å²) in [4.78, 5) is 15.6. The number of aliphatic hydroxyl groups excluding tert-OH is 1. The molecule has 3 fully saturated rings. The van der Waals surface area contributed by atoms with Crippen molar-refractivity contribution in [1.29, 1.82) is 0 Å². The predicted octanol–water partition coefficient (Wildman–Crippen LogP) is 3.20. The minimum Gasteiger partial charge on any atom is -0.396 e. The summed E-state index contributed by atoms with van der Waals surface area (Å²) >= 11 is 0. The molecular weight excluding hydrogens is 592 g/mol. The van der Waals surface area contributed by atoms with Crippen molar-refractivity contribution in [2.24, 2.45) is 5.92 Å². The van der Waals surface area contributed by atoms with Gasteiger partial charge in [0.15, 0.2) is 5.82 Å². The van der Waals surface area contributed by atoms with Crippen molar-refractivity contribution in [1.82, 2.24) is 33.9 Å². The van der Waals surface area contributed by atoms with Gasteiger partial charge in [-0.25, -0.2) is 32.2 Å². The average molecular weight is 622 g/mol. The Morgan fingerprint density at radius 3 is 2.55 bits per heavy atom. The van der Waals surface area contributed by atoms with Crippen LogP contribution >= 0.6 is 0 Å². The number of hydrogen-bond acceptors (Lipinski definition) is 10. The summed E-state index contributed by atoms with van der Waals surface area (Å²) in [5.41, 5.74) is 2.50. The SMILES string of the molecule is O=S(=O)(C1CC1)n1cc(-c2nccc(Nc3cc(N4CCC(CO)CC4)c(C#Cc4cnn(C5CC5(F)F)c4)cn3)n2)cn1. The molecule has 0 radical (unpaired) electrons. The fraction of sp³-hybridized carbons (Fsp3) is 0.414. The van der Waals surface area contributed by atoms with E-state index >= 15 is 0 Å². The fourth-order valence-corrected chi connectivity index (χ4v) is 6.68. The zero-order chi connectivity index (χ0) is 30.5. The van der Waals surface area contributed by atoms with Gasteiger partial charge in [0.1, 0.15) is 17.7 Å². The molecule has 5 heterocycles. The second kappa shape index (κ2) is 10.9. The van der Waals surface area contributed by atoms with E-state index in [-0.39, 0.29) is 24.2 Å². The second-order valence-electron chi connectivity index (χ2n) is 11.4. The van der Waals surface area contributed by atoms with Crippen LogP contribution < -0.4 is 10.2 Å². The molecule has 2 aliphatic carbocycles. The molecule has 44 heavy (non-hydrogen) atoms. The Kier molecular flexibility index (Phi) is 7.05. The van der Waals surface area contributed by atoms with E-state index in [4.69, 9.17) is 0 Å². The topological polar surface area (TPSA) is 144 Å². The van der Waals surface area contributed by atoms with Crippen molar-refractivity contribution in [3.63, 3.8) is 0 Å². The van der Waals surface area contributed by atoms with Crippen molar-refractivity contribution >= 4 is 27.3 Å². The number of alkyl halides is 2. The van der Waals surface area contributed by atoms with E-state index in [2.05, 4.69) is 47.2 Å². The van der Waals surface area contributed by atoms with Gasteiger partial charge in [-0.2, -0.15) is 14.3 Å². The van der Waals surface area contributed by atoms with Gasteiger partial charge in [0.2, 0.25) is 0 Å². The third-order valence-electron chi connectivity index (χ3n) is 8.09. The van der Waals surface area contributed by atoms with Crippen LogP contribution in [0.1, 0.15) is 49.3 Å². The van der Waals surface area contributed by atoms with Crippen LogP contribution in [0.3, 0.4) is 0 Å². The standard InChI is InChI=1S/C29H29F2N9O3S/c30-29(31)12-25(29)39-16-20(13-34-39)1-2-21-14-33-27(11-24(21)38-9-6-19(18-41)7-10-38)36-26-5-8-32-28(37-26)22-15-35-40(17-22)44(42,43)23-3-4-23/h5,8,11,13-17,19,23,25,41H,3-4,6-7,9-10,12,18H2,(H,32,33,36,37). The number of hydrogen-bond donors (Lipinski definition) is 2. The number of piperidine rings is 1. The number of aromatic nitrogens is 7. The lowest BCUT2D eigenvalue weighted by Gasteiger charge is -2.33. The minimum atomic E-state index is -3.50. The minimum absolute atomic E-state index is 0.148. The van der Waals surface area contributed by atoms with Crippen LogP contribution in [0.5, 0.6) is 0 Å². The van der Waals surface area contributed by atoms with Gasteiger partial charge >= 0.3 is 0 Å². The largest absolute Gasteiger partial charge is 0.396 e. The van der Waals surface area contributed by atoms with Crippen LogP contribution in [0.4, 0.5) is 26.1 Å². The van der Waals surface area contributed by atoms with Crippen molar-refractivity contribution in [2.45, 2.75) is 49.3 Å². The van der Waals surface area contributed by atoms with Crippen LogP contribution in [0.2, 0.25) is 0 Å². The van der Waals surface area contributed by atoms with Gasteiger partial charge in [-0.3, -0.25) is 4.68 Å². The Hall–Kier alpha value is -4.42. The highest BCUT2D eigenvalue weighted by Crippen LogP contribution is 2.52. The molecule has 2 saturated carbocycles. The maximum atomic E-state index is 13.5. The van der Waals surface area contributed by atoms with Gasteiger partial charge in [-0.05, 0) is 37.7 Å². The van der Waals surface area contributed by atoms with Crippen molar-refractivity contribution in [2.75, 3.05) is 29.9 Å². The summed E-state index contributed by atoms with van der Waals surface area (Å²) in [5.74, 6) is 4.97. The second-order valence-corrected chi connectivity index (χ2v) is 13.4.